The van der Waals surface area contributed by atoms with Gasteiger partial charge in [-0.15, -0.1) is 0 Å². The van der Waals surface area contributed by atoms with Crippen molar-refractivity contribution in [3.05, 3.63) is 29.8 Å². The number of nitrogens with one attached hydrogen (secondary N) is 1. The van der Waals surface area contributed by atoms with Crippen molar-refractivity contribution in [2.75, 3.05) is 31.2 Å². The highest BCUT2D eigenvalue weighted by Gasteiger charge is 2.30. The number of anilines is 1. The number of carbonyl (C=O) groups excluding carboxylic acids is 1. The number of nitrogens with zero attached hydrogens (tertiary/aromatic N) is 2. The van der Waals surface area contributed by atoms with Crippen LogP contribution in [0.4, 0.5) is 5.69 Å². The Bertz CT molecular complexity index is 496. The lowest BCUT2D eigenvalue weighted by molar-refractivity contribution is -0.124. The Morgan fingerprint density at radius 2 is 2.37 bits per heavy atom. The summed E-state index contributed by atoms with van der Waals surface area (Å²) in [5.74, 6) is -0.0602. The van der Waals surface area contributed by atoms with Gasteiger partial charge in [0.15, 0.2) is 0 Å². The van der Waals surface area contributed by atoms with Crippen LogP contribution in [0.25, 0.3) is 0 Å². The number of carbonyl (C=O) groups is 1. The summed E-state index contributed by atoms with van der Waals surface area (Å²) in [5.41, 5.74) is 1.38. The number of ether oxygens (including phenoxy) is 1. The first-order chi connectivity index (χ1) is 9.27. The lowest BCUT2D eigenvalue weighted by atomic mass is 10.1. The van der Waals surface area contributed by atoms with Crippen LogP contribution >= 0.6 is 0 Å². The Morgan fingerprint density at radius 1 is 1.58 bits per heavy atom. The number of para-hydroxylation sites is 1. The number of rotatable bonds is 3. The molecule has 1 atom stereocenters. The lowest BCUT2D eigenvalue weighted by Gasteiger charge is -2.36. The topological polar surface area (TPSA) is 65.4 Å². The molecule has 1 aromatic rings. The van der Waals surface area contributed by atoms with Crippen LogP contribution in [0.5, 0.6) is 0 Å². The molecule has 1 aliphatic heterocycles. The SMILES string of the molecule is CCNC(=O)C1COCCN1c1ccccc1C#N. The van der Waals surface area contributed by atoms with Crippen molar-refractivity contribution in [2.24, 2.45) is 0 Å². The van der Waals surface area contributed by atoms with Gasteiger partial charge in [-0.2, -0.15) is 5.26 Å². The Morgan fingerprint density at radius 3 is 3.11 bits per heavy atom. The molecular weight excluding hydrogens is 242 g/mol. The molecule has 1 aromatic carbocycles. The Hall–Kier alpha value is -2.06. The monoisotopic (exact) mass is 259 g/mol. The van der Waals surface area contributed by atoms with Gasteiger partial charge in [0.25, 0.3) is 0 Å². The van der Waals surface area contributed by atoms with Gasteiger partial charge in [-0.05, 0) is 19.1 Å². The van der Waals surface area contributed by atoms with Gasteiger partial charge in [-0.25, -0.2) is 0 Å². The number of likely N-dealkylation sites (N-methyl/N-ethyl adjacent to an activating group) is 1. The van der Waals surface area contributed by atoms with Crippen LogP contribution in [0.3, 0.4) is 0 Å². The number of hydrogen-bond acceptors (Lipinski definition) is 4. The molecule has 5 nitrogen and oxygen atoms in total. The summed E-state index contributed by atoms with van der Waals surface area (Å²) in [5, 5.41) is 12.0. The molecule has 0 radical (unpaired) electrons. The van der Waals surface area contributed by atoms with E-state index in [1.54, 1.807) is 6.07 Å². The molecule has 1 heterocycles. The minimum absolute atomic E-state index is 0.0602. The molecular formula is C14H17N3O2. The minimum Gasteiger partial charge on any atom is -0.377 e. The van der Waals surface area contributed by atoms with Gasteiger partial charge in [-0.3, -0.25) is 4.79 Å². The van der Waals surface area contributed by atoms with E-state index >= 15 is 0 Å². The van der Waals surface area contributed by atoms with Crippen LogP contribution in [0.15, 0.2) is 24.3 Å². The molecule has 0 spiro atoms. The van der Waals surface area contributed by atoms with E-state index in [0.29, 0.717) is 31.9 Å². The van der Waals surface area contributed by atoms with E-state index in [9.17, 15) is 4.79 Å². The minimum atomic E-state index is -0.372. The molecule has 1 fully saturated rings. The molecule has 1 aliphatic rings. The standard InChI is InChI=1S/C14H17N3O2/c1-2-16-14(18)13-10-19-8-7-17(13)12-6-4-3-5-11(12)9-15/h3-6,13H,2,7-8,10H2,1H3,(H,16,18). The third-order valence-electron chi connectivity index (χ3n) is 3.12. The van der Waals surface area contributed by atoms with Crippen molar-refractivity contribution in [3.63, 3.8) is 0 Å². The Balaban J connectivity index is 2.29. The summed E-state index contributed by atoms with van der Waals surface area (Å²) < 4.78 is 5.39. The van der Waals surface area contributed by atoms with Gasteiger partial charge < -0.3 is 15.0 Å². The van der Waals surface area contributed by atoms with Crippen LogP contribution in [0.1, 0.15) is 12.5 Å². The van der Waals surface area contributed by atoms with Crippen molar-refractivity contribution in [1.29, 1.82) is 5.26 Å². The highest BCUT2D eigenvalue weighted by molar-refractivity contribution is 5.86. The van der Waals surface area contributed by atoms with E-state index in [4.69, 9.17) is 10.00 Å². The highest BCUT2D eigenvalue weighted by Crippen LogP contribution is 2.23. The van der Waals surface area contributed by atoms with Crippen molar-refractivity contribution in [1.82, 2.24) is 5.32 Å². The van der Waals surface area contributed by atoms with Gasteiger partial charge in [0, 0.05) is 13.1 Å². The summed E-state index contributed by atoms with van der Waals surface area (Å²) in [6.07, 6.45) is 0. The Kier molecular flexibility index (Phi) is 4.37. The zero-order valence-electron chi connectivity index (χ0n) is 10.9. The second-order valence-corrected chi connectivity index (χ2v) is 4.31. The number of amides is 1. The maximum Gasteiger partial charge on any atom is 0.245 e. The van der Waals surface area contributed by atoms with Gasteiger partial charge in [0.2, 0.25) is 5.91 Å². The molecule has 1 N–H and O–H groups in total. The molecule has 1 saturated heterocycles. The second-order valence-electron chi connectivity index (χ2n) is 4.31. The van der Waals surface area contributed by atoms with Crippen LogP contribution < -0.4 is 10.2 Å². The Labute approximate surface area is 112 Å². The summed E-state index contributed by atoms with van der Waals surface area (Å²) >= 11 is 0. The molecule has 2 rings (SSSR count). The lowest BCUT2D eigenvalue weighted by Crippen LogP contribution is -2.54. The first-order valence-corrected chi connectivity index (χ1v) is 6.39. The fourth-order valence-electron chi connectivity index (χ4n) is 2.22. The average Bonchev–Trinajstić information content (AvgIpc) is 2.47. The van der Waals surface area contributed by atoms with Crippen molar-refractivity contribution in [3.8, 4) is 6.07 Å². The van der Waals surface area contributed by atoms with E-state index in [-0.39, 0.29) is 11.9 Å². The third kappa shape index (κ3) is 2.85. The molecule has 5 heteroatoms. The van der Waals surface area contributed by atoms with Gasteiger partial charge >= 0.3 is 0 Å². The normalized spacial score (nSPS) is 18.7. The first kappa shape index (κ1) is 13.4. The van der Waals surface area contributed by atoms with E-state index in [1.165, 1.54) is 0 Å². The van der Waals surface area contributed by atoms with Crippen LogP contribution in [-0.2, 0) is 9.53 Å². The molecule has 19 heavy (non-hydrogen) atoms. The second kappa shape index (κ2) is 6.21. The molecule has 100 valence electrons. The quantitative estimate of drug-likeness (QED) is 0.876. The molecule has 0 bridgehead atoms. The highest BCUT2D eigenvalue weighted by atomic mass is 16.5. The fourth-order valence-corrected chi connectivity index (χ4v) is 2.22. The average molecular weight is 259 g/mol. The molecule has 0 saturated carbocycles. The van der Waals surface area contributed by atoms with Crippen LogP contribution in [0.2, 0.25) is 0 Å². The smallest absolute Gasteiger partial charge is 0.245 e. The molecule has 0 aliphatic carbocycles. The fraction of sp³-hybridized carbons (Fsp3) is 0.429. The molecule has 1 unspecified atom stereocenters. The van der Waals surface area contributed by atoms with Crippen LogP contribution in [0, 0.1) is 11.3 Å². The molecule has 1 amide bonds. The molecule has 0 aromatic heterocycles. The van der Waals surface area contributed by atoms with Gasteiger partial charge in [-0.1, -0.05) is 12.1 Å². The third-order valence-corrected chi connectivity index (χ3v) is 3.12. The predicted molar refractivity (Wildman–Crippen MR) is 71.8 cm³/mol. The van der Waals surface area contributed by atoms with E-state index < -0.39 is 0 Å². The maximum atomic E-state index is 12.1. The maximum absolute atomic E-state index is 12.1. The number of benzene rings is 1. The zero-order valence-corrected chi connectivity index (χ0v) is 10.9. The number of nitriles is 1. The number of morpholine rings is 1. The largest absolute Gasteiger partial charge is 0.377 e. The summed E-state index contributed by atoms with van der Waals surface area (Å²) in [6, 6.07) is 9.13. The van der Waals surface area contributed by atoms with Crippen molar-refractivity contribution in [2.45, 2.75) is 13.0 Å². The zero-order chi connectivity index (χ0) is 13.7. The summed E-state index contributed by atoms with van der Waals surface area (Å²) in [6.45, 7) is 4.00. The first-order valence-electron chi connectivity index (χ1n) is 6.39. The summed E-state index contributed by atoms with van der Waals surface area (Å²) in [7, 11) is 0. The summed E-state index contributed by atoms with van der Waals surface area (Å²) in [4.78, 5) is 14.0. The van der Waals surface area contributed by atoms with Gasteiger partial charge in [0.05, 0.1) is 24.5 Å². The predicted octanol–water partition coefficient (Wildman–Crippen LogP) is 0.900. The van der Waals surface area contributed by atoms with E-state index in [0.717, 1.165) is 5.69 Å². The van der Waals surface area contributed by atoms with Crippen molar-refractivity contribution >= 4 is 11.6 Å². The van der Waals surface area contributed by atoms with E-state index in [2.05, 4.69) is 11.4 Å². The van der Waals surface area contributed by atoms with Crippen LogP contribution in [-0.4, -0.2) is 38.3 Å². The van der Waals surface area contributed by atoms with E-state index in [1.807, 2.05) is 30.0 Å². The van der Waals surface area contributed by atoms with Gasteiger partial charge in [0.1, 0.15) is 12.1 Å². The van der Waals surface area contributed by atoms with Crippen molar-refractivity contribution < 1.29 is 9.53 Å². The number of hydrogen-bond donors (Lipinski definition) is 1.